The molecule has 0 saturated heterocycles. The Hall–Kier alpha value is -3.26. The molecule has 1 unspecified atom stereocenters. The van der Waals surface area contributed by atoms with Crippen molar-refractivity contribution in [3.05, 3.63) is 86.1 Å². The first-order valence-electron chi connectivity index (χ1n) is 10.6. The number of hydrogen-bond donors (Lipinski definition) is 1. The summed E-state index contributed by atoms with van der Waals surface area (Å²) in [5, 5.41) is 15.8. The number of halogens is 1. The first kappa shape index (κ1) is 26.0. The van der Waals surface area contributed by atoms with Gasteiger partial charge in [0.25, 0.3) is 5.70 Å². The highest BCUT2D eigenvalue weighted by molar-refractivity contribution is 6.29. The highest BCUT2D eigenvalue weighted by Gasteiger charge is 2.42. The first-order valence-corrected chi connectivity index (χ1v) is 11.0. The van der Waals surface area contributed by atoms with Crippen LogP contribution in [0.15, 0.2) is 54.1 Å². The van der Waals surface area contributed by atoms with Crippen LogP contribution in [-0.4, -0.2) is 40.0 Å². The molecule has 0 saturated carbocycles. The number of benzene rings is 1. The van der Waals surface area contributed by atoms with Crippen molar-refractivity contribution in [1.82, 2.24) is 15.2 Å². The number of rotatable bonds is 11. The molecule has 1 aromatic carbocycles. The molecule has 0 aliphatic carbocycles. The van der Waals surface area contributed by atoms with E-state index in [0.717, 1.165) is 11.1 Å². The van der Waals surface area contributed by atoms with Gasteiger partial charge in [-0.1, -0.05) is 47.5 Å². The van der Waals surface area contributed by atoms with Crippen LogP contribution in [0.1, 0.15) is 43.4 Å². The third kappa shape index (κ3) is 6.38. The maximum absolute atomic E-state index is 12.5. The number of aryl methyl sites for hydroxylation is 1. The van der Waals surface area contributed by atoms with E-state index in [-0.39, 0.29) is 11.5 Å². The summed E-state index contributed by atoms with van der Waals surface area (Å²) in [7, 11) is 1.59. The fraction of sp³-hybridized carbons (Fsp3) is 0.375. The molecule has 0 bridgehead atoms. The highest BCUT2D eigenvalue weighted by atomic mass is 35.5. The number of nitrogens with one attached hydrogen (secondary N) is 1. The molecule has 0 spiro atoms. The van der Waals surface area contributed by atoms with E-state index in [1.165, 1.54) is 13.8 Å². The topological polar surface area (TPSA) is 105 Å². The fourth-order valence-electron chi connectivity index (χ4n) is 3.90. The number of nitrogens with zero attached hydrogens (tertiary/aromatic N) is 3. The molecule has 0 fully saturated rings. The minimum Gasteiger partial charge on any atom is -0.369 e. The zero-order chi connectivity index (χ0) is 24.7. The van der Waals surface area contributed by atoms with Crippen molar-refractivity contribution in [3.63, 3.8) is 0 Å². The zero-order valence-electron chi connectivity index (χ0n) is 19.5. The van der Waals surface area contributed by atoms with Crippen molar-refractivity contribution in [2.75, 3.05) is 13.6 Å². The van der Waals surface area contributed by atoms with Crippen LogP contribution in [0.4, 0.5) is 0 Å². The van der Waals surface area contributed by atoms with Crippen LogP contribution < -0.4 is 5.32 Å². The molecule has 1 N–H and O–H groups in total. The van der Waals surface area contributed by atoms with Gasteiger partial charge in [-0.15, -0.1) is 0 Å². The highest BCUT2D eigenvalue weighted by Crippen LogP contribution is 2.36. The number of Topliss-reactive ketones (excluding diaryl/α,β-unsaturated/α-hetero) is 2. The van der Waals surface area contributed by atoms with Gasteiger partial charge in [0, 0.05) is 26.3 Å². The predicted octanol–water partition coefficient (Wildman–Crippen LogP) is 4.11. The lowest BCUT2D eigenvalue weighted by Gasteiger charge is -2.29. The summed E-state index contributed by atoms with van der Waals surface area (Å²) in [5.41, 5.74) is 2.06. The first-order chi connectivity index (χ1) is 15.6. The van der Waals surface area contributed by atoms with Crippen molar-refractivity contribution in [2.24, 2.45) is 5.92 Å². The molecule has 176 valence electrons. The summed E-state index contributed by atoms with van der Waals surface area (Å²) in [6.07, 6.45) is 1.61. The molecule has 2 rings (SSSR count). The van der Waals surface area contributed by atoms with E-state index < -0.39 is 28.3 Å². The third-order valence-corrected chi connectivity index (χ3v) is 5.70. The molecule has 33 heavy (non-hydrogen) atoms. The second kappa shape index (κ2) is 11.6. The Kier molecular flexibility index (Phi) is 9.11. The van der Waals surface area contributed by atoms with E-state index in [2.05, 4.69) is 10.3 Å². The number of aromatic nitrogens is 1. The minimum absolute atomic E-state index is 0.232. The van der Waals surface area contributed by atoms with Crippen LogP contribution in [0.5, 0.6) is 0 Å². The second-order valence-corrected chi connectivity index (χ2v) is 8.22. The number of ketones is 2. The standard InChI is InChI=1S/C24H29ClN4O4/c1-6-28(14-18-9-12-20(25)27-13-18)24(26-5)23(29(32)33)22(21(16(3)30)17(4)31)19-10-7-15(2)8-11-19/h7-13,21-22,26H,6,14H2,1-5H3/b24-23-. The molecular formula is C24H29ClN4O4. The Morgan fingerprint density at radius 1 is 1.15 bits per heavy atom. The summed E-state index contributed by atoms with van der Waals surface area (Å²) in [6.45, 7) is 7.10. The third-order valence-electron chi connectivity index (χ3n) is 5.48. The molecule has 0 aliphatic rings. The maximum Gasteiger partial charge on any atom is 0.294 e. The van der Waals surface area contributed by atoms with Crippen molar-refractivity contribution >= 4 is 23.2 Å². The van der Waals surface area contributed by atoms with Crippen LogP contribution in [0.2, 0.25) is 5.15 Å². The molecule has 1 atom stereocenters. The number of hydrogen-bond acceptors (Lipinski definition) is 7. The molecule has 0 radical (unpaired) electrons. The Bertz CT molecular complexity index is 1020. The summed E-state index contributed by atoms with van der Waals surface area (Å²) >= 11 is 5.88. The van der Waals surface area contributed by atoms with Gasteiger partial charge in [0.2, 0.25) is 0 Å². The van der Waals surface area contributed by atoms with Gasteiger partial charge in [-0.3, -0.25) is 19.7 Å². The largest absolute Gasteiger partial charge is 0.369 e. The summed E-state index contributed by atoms with van der Waals surface area (Å²) < 4.78 is 0. The van der Waals surface area contributed by atoms with Crippen molar-refractivity contribution in [1.29, 1.82) is 0 Å². The lowest BCUT2D eigenvalue weighted by molar-refractivity contribution is -0.433. The minimum atomic E-state index is -1.19. The zero-order valence-corrected chi connectivity index (χ0v) is 20.2. The van der Waals surface area contributed by atoms with Gasteiger partial charge in [0.1, 0.15) is 16.7 Å². The van der Waals surface area contributed by atoms with Gasteiger partial charge in [-0.2, -0.15) is 0 Å². The van der Waals surface area contributed by atoms with E-state index >= 15 is 0 Å². The maximum atomic E-state index is 12.5. The van der Waals surface area contributed by atoms with Crippen LogP contribution in [0, 0.1) is 23.0 Å². The predicted molar refractivity (Wildman–Crippen MR) is 127 cm³/mol. The average Bonchev–Trinajstić information content (AvgIpc) is 2.76. The average molecular weight is 473 g/mol. The second-order valence-electron chi connectivity index (χ2n) is 7.83. The van der Waals surface area contributed by atoms with Gasteiger partial charge >= 0.3 is 0 Å². The Labute approximate surface area is 198 Å². The molecular weight excluding hydrogens is 444 g/mol. The summed E-state index contributed by atoms with van der Waals surface area (Å²) in [5.74, 6) is -2.86. The number of nitro groups is 1. The van der Waals surface area contributed by atoms with E-state index in [1.807, 2.05) is 26.0 Å². The van der Waals surface area contributed by atoms with Crippen LogP contribution in [0.25, 0.3) is 0 Å². The van der Waals surface area contributed by atoms with E-state index in [1.54, 1.807) is 42.4 Å². The van der Waals surface area contributed by atoms with Gasteiger partial charge in [-0.05, 0) is 44.9 Å². The van der Waals surface area contributed by atoms with E-state index in [9.17, 15) is 19.7 Å². The van der Waals surface area contributed by atoms with Gasteiger partial charge in [0.05, 0.1) is 16.8 Å². The Balaban J connectivity index is 2.74. The van der Waals surface area contributed by atoms with Crippen LogP contribution in [0.3, 0.4) is 0 Å². The number of pyridine rings is 1. The Morgan fingerprint density at radius 3 is 2.18 bits per heavy atom. The van der Waals surface area contributed by atoms with E-state index in [4.69, 9.17) is 11.6 Å². The molecule has 2 aromatic rings. The van der Waals surface area contributed by atoms with E-state index in [0.29, 0.717) is 23.8 Å². The van der Waals surface area contributed by atoms with Crippen molar-refractivity contribution in [3.8, 4) is 0 Å². The normalized spacial score (nSPS) is 12.7. The summed E-state index contributed by atoms with van der Waals surface area (Å²) in [4.78, 5) is 42.9. The monoisotopic (exact) mass is 472 g/mol. The quantitative estimate of drug-likeness (QED) is 0.227. The van der Waals surface area contributed by atoms with Gasteiger partial charge in [0.15, 0.2) is 5.82 Å². The molecule has 1 aromatic heterocycles. The lowest BCUT2D eigenvalue weighted by Crippen LogP contribution is -2.37. The number of allylic oxidation sites excluding steroid dienone is 1. The lowest BCUT2D eigenvalue weighted by atomic mass is 9.78. The molecule has 1 heterocycles. The smallest absolute Gasteiger partial charge is 0.294 e. The number of carbonyl (C=O) groups excluding carboxylic acids is 2. The molecule has 8 nitrogen and oxygen atoms in total. The van der Waals surface area contributed by atoms with Crippen LogP contribution >= 0.6 is 11.6 Å². The molecule has 0 aliphatic heterocycles. The van der Waals surface area contributed by atoms with Crippen molar-refractivity contribution in [2.45, 2.75) is 40.2 Å². The Morgan fingerprint density at radius 2 is 1.76 bits per heavy atom. The fourth-order valence-corrected chi connectivity index (χ4v) is 4.01. The van der Waals surface area contributed by atoms with Gasteiger partial charge in [-0.25, -0.2) is 4.98 Å². The number of carbonyl (C=O) groups is 2. The van der Waals surface area contributed by atoms with Crippen LogP contribution in [-0.2, 0) is 16.1 Å². The summed E-state index contributed by atoms with van der Waals surface area (Å²) in [6, 6.07) is 10.5. The SMILES string of the molecule is CCN(Cc1ccc(Cl)nc1)/C(NC)=C(/C(c1ccc(C)cc1)C(C(C)=O)C(C)=O)[N+](=O)[O-]. The van der Waals surface area contributed by atoms with Crippen molar-refractivity contribution < 1.29 is 14.5 Å². The van der Waals surface area contributed by atoms with Gasteiger partial charge < -0.3 is 10.2 Å². The molecule has 0 amide bonds. The molecule has 9 heteroatoms.